The lowest BCUT2D eigenvalue weighted by Gasteiger charge is -2.31. The van der Waals surface area contributed by atoms with Crippen molar-refractivity contribution in [2.75, 3.05) is 4.90 Å². The highest BCUT2D eigenvalue weighted by atomic mass is 15.2. The molecule has 1 heterocycles. The summed E-state index contributed by atoms with van der Waals surface area (Å²) in [6, 6.07) is 83.2. The maximum atomic E-state index is 2.52. The van der Waals surface area contributed by atoms with E-state index in [-0.39, 0.29) is 0 Å². The van der Waals surface area contributed by atoms with Crippen LogP contribution in [0.4, 0.5) is 17.1 Å². The third-order valence-electron chi connectivity index (χ3n) is 10.8. The highest BCUT2D eigenvalue weighted by Crippen LogP contribution is 2.50. The summed E-state index contributed by atoms with van der Waals surface area (Å²) < 4.78 is 2.40. The molecule has 9 aromatic carbocycles. The van der Waals surface area contributed by atoms with Gasteiger partial charge in [-0.2, -0.15) is 0 Å². The van der Waals surface area contributed by atoms with Crippen molar-refractivity contribution in [2.45, 2.75) is 0 Å². The van der Waals surface area contributed by atoms with Crippen LogP contribution in [0.2, 0.25) is 0 Å². The van der Waals surface area contributed by atoms with Crippen molar-refractivity contribution in [1.29, 1.82) is 0 Å². The molecule has 1 aromatic heterocycles. The largest absolute Gasteiger partial charge is 0.309 e. The maximum absolute atomic E-state index is 2.52. The second kappa shape index (κ2) is 14.4. The third kappa shape index (κ3) is 5.95. The summed E-state index contributed by atoms with van der Waals surface area (Å²) in [4.78, 5) is 2.52. The molecule has 2 heteroatoms. The van der Waals surface area contributed by atoms with Crippen LogP contribution in [-0.2, 0) is 0 Å². The number of anilines is 3. The Bertz CT molecular complexity index is 2950. The second-order valence-corrected chi connectivity index (χ2v) is 14.1. The Balaban J connectivity index is 1.31. The minimum atomic E-state index is 1.10. The molecule has 0 aliphatic heterocycles. The minimum absolute atomic E-state index is 1.10. The van der Waals surface area contributed by atoms with E-state index >= 15 is 0 Å². The number of aromatic nitrogens is 1. The number of fused-ring (bicyclic) bond motifs is 3. The summed E-state index contributed by atoms with van der Waals surface area (Å²) in [7, 11) is 0. The van der Waals surface area contributed by atoms with Gasteiger partial charge in [0.1, 0.15) is 0 Å². The van der Waals surface area contributed by atoms with Crippen LogP contribution in [0.1, 0.15) is 0 Å². The van der Waals surface area contributed by atoms with E-state index in [1.165, 1.54) is 33.0 Å². The van der Waals surface area contributed by atoms with E-state index in [2.05, 4.69) is 240 Å². The summed E-state index contributed by atoms with van der Waals surface area (Å²) in [5.41, 5.74) is 16.1. The summed E-state index contributed by atoms with van der Waals surface area (Å²) in [5.74, 6) is 0. The normalized spacial score (nSPS) is 11.2. The summed E-state index contributed by atoms with van der Waals surface area (Å²) in [5, 5.41) is 2.40. The van der Waals surface area contributed by atoms with Crippen molar-refractivity contribution in [3.63, 3.8) is 0 Å². The van der Waals surface area contributed by atoms with Crippen molar-refractivity contribution in [3.8, 4) is 50.2 Å². The van der Waals surface area contributed by atoms with E-state index in [9.17, 15) is 0 Å². The Morgan fingerprint density at radius 3 is 1.52 bits per heavy atom. The first kappa shape index (κ1) is 33.2. The molecule has 56 heavy (non-hydrogen) atoms. The lowest BCUT2D eigenvalue weighted by atomic mass is 9.94. The van der Waals surface area contributed by atoms with Crippen molar-refractivity contribution >= 4 is 38.9 Å². The van der Waals surface area contributed by atoms with Crippen molar-refractivity contribution in [3.05, 3.63) is 231 Å². The standard InChI is InChI=1S/C54H38N2/c1-5-19-39(20-6-1)42-25-17-26-44(37-42)46-29-13-15-31-49(46)56(53-38-43(40-21-7-2-8-22-40)35-36-47(53)41-23-9-3-10-24-41)52-34-18-33-51-54(52)48-30-14-16-32-50(48)55(51)45-27-11-4-12-28-45/h1-38H. The van der Waals surface area contributed by atoms with Gasteiger partial charge in [-0.1, -0.05) is 182 Å². The molecule has 2 nitrogen and oxygen atoms in total. The van der Waals surface area contributed by atoms with E-state index < -0.39 is 0 Å². The number of rotatable bonds is 8. The zero-order chi connectivity index (χ0) is 37.3. The van der Waals surface area contributed by atoms with Crippen LogP contribution in [-0.4, -0.2) is 4.57 Å². The Morgan fingerprint density at radius 2 is 0.786 bits per heavy atom. The van der Waals surface area contributed by atoms with E-state index in [0.29, 0.717) is 0 Å². The number of hydrogen-bond donors (Lipinski definition) is 0. The first-order chi connectivity index (χ1) is 27.8. The molecule has 0 atom stereocenters. The molecule has 0 unspecified atom stereocenters. The highest BCUT2D eigenvalue weighted by Gasteiger charge is 2.25. The smallest absolute Gasteiger partial charge is 0.0562 e. The lowest BCUT2D eigenvalue weighted by molar-refractivity contribution is 1.18. The van der Waals surface area contributed by atoms with Gasteiger partial charge in [0.05, 0.1) is 28.1 Å². The molecule has 0 saturated carbocycles. The van der Waals surface area contributed by atoms with Gasteiger partial charge in [-0.25, -0.2) is 0 Å². The molecule has 0 aliphatic rings. The average molecular weight is 715 g/mol. The van der Waals surface area contributed by atoms with Gasteiger partial charge in [-0.05, 0) is 81.9 Å². The molecule has 0 amide bonds. The van der Waals surface area contributed by atoms with Crippen molar-refractivity contribution < 1.29 is 0 Å². The van der Waals surface area contributed by atoms with E-state index in [1.54, 1.807) is 0 Å². The molecule has 0 spiro atoms. The molecule has 0 fully saturated rings. The SMILES string of the molecule is c1ccc(-c2cccc(-c3ccccc3N(c3cc(-c4ccccc4)ccc3-c3ccccc3)c3cccc4c3c3ccccc3n4-c3ccccc3)c2)cc1. The fourth-order valence-corrected chi connectivity index (χ4v) is 8.23. The number of benzene rings is 9. The van der Waals surface area contributed by atoms with E-state index in [0.717, 1.165) is 56.1 Å². The molecule has 0 radical (unpaired) electrons. The van der Waals surface area contributed by atoms with Crippen molar-refractivity contribution in [1.82, 2.24) is 4.57 Å². The first-order valence-corrected chi connectivity index (χ1v) is 19.2. The Labute approximate surface area is 327 Å². The molecule has 10 aromatic rings. The van der Waals surface area contributed by atoms with Crippen molar-refractivity contribution in [2.24, 2.45) is 0 Å². The fraction of sp³-hybridized carbons (Fsp3) is 0. The summed E-state index contributed by atoms with van der Waals surface area (Å²) >= 11 is 0. The predicted octanol–water partition coefficient (Wildman–Crippen LogP) is 14.9. The lowest BCUT2D eigenvalue weighted by Crippen LogP contribution is -2.13. The quantitative estimate of drug-likeness (QED) is 0.152. The van der Waals surface area contributed by atoms with Crippen LogP contribution in [0, 0.1) is 0 Å². The fourth-order valence-electron chi connectivity index (χ4n) is 8.23. The number of nitrogens with zero attached hydrogens (tertiary/aromatic N) is 2. The van der Waals surface area contributed by atoms with Crippen LogP contribution in [0.25, 0.3) is 72.0 Å². The van der Waals surface area contributed by atoms with Crippen LogP contribution >= 0.6 is 0 Å². The summed E-state index contributed by atoms with van der Waals surface area (Å²) in [6.07, 6.45) is 0. The molecule has 264 valence electrons. The highest BCUT2D eigenvalue weighted by molar-refractivity contribution is 6.17. The molecule has 0 bridgehead atoms. The molecule has 0 N–H and O–H groups in total. The average Bonchev–Trinajstić information content (AvgIpc) is 3.63. The Hall–Kier alpha value is -7.42. The van der Waals surface area contributed by atoms with Gasteiger partial charge in [0.25, 0.3) is 0 Å². The molecular formula is C54H38N2. The minimum Gasteiger partial charge on any atom is -0.309 e. The molecular weight excluding hydrogens is 677 g/mol. The van der Waals surface area contributed by atoms with Crippen LogP contribution in [0.5, 0.6) is 0 Å². The van der Waals surface area contributed by atoms with Gasteiger partial charge < -0.3 is 9.47 Å². The Morgan fingerprint density at radius 1 is 0.286 bits per heavy atom. The molecule has 0 saturated heterocycles. The number of hydrogen-bond acceptors (Lipinski definition) is 1. The zero-order valence-corrected chi connectivity index (χ0v) is 30.8. The van der Waals surface area contributed by atoms with Crippen LogP contribution < -0.4 is 4.90 Å². The van der Waals surface area contributed by atoms with Gasteiger partial charge >= 0.3 is 0 Å². The Kier molecular flexibility index (Phi) is 8.55. The first-order valence-electron chi connectivity index (χ1n) is 19.2. The topological polar surface area (TPSA) is 8.17 Å². The van der Waals surface area contributed by atoms with Gasteiger partial charge in [0.15, 0.2) is 0 Å². The monoisotopic (exact) mass is 714 g/mol. The van der Waals surface area contributed by atoms with E-state index in [1.807, 2.05) is 0 Å². The number of para-hydroxylation sites is 3. The molecule has 10 rings (SSSR count). The second-order valence-electron chi connectivity index (χ2n) is 14.1. The van der Waals surface area contributed by atoms with Gasteiger partial charge in [-0.3, -0.25) is 0 Å². The predicted molar refractivity (Wildman–Crippen MR) is 237 cm³/mol. The van der Waals surface area contributed by atoms with Gasteiger partial charge in [-0.15, -0.1) is 0 Å². The zero-order valence-electron chi connectivity index (χ0n) is 30.8. The molecule has 0 aliphatic carbocycles. The van der Waals surface area contributed by atoms with Crippen LogP contribution in [0.15, 0.2) is 231 Å². The maximum Gasteiger partial charge on any atom is 0.0562 e. The summed E-state index contributed by atoms with van der Waals surface area (Å²) in [6.45, 7) is 0. The van der Waals surface area contributed by atoms with Crippen LogP contribution in [0.3, 0.4) is 0 Å². The van der Waals surface area contributed by atoms with E-state index in [4.69, 9.17) is 0 Å². The third-order valence-corrected chi connectivity index (χ3v) is 10.8. The van der Waals surface area contributed by atoms with Gasteiger partial charge in [0.2, 0.25) is 0 Å². The van der Waals surface area contributed by atoms with Gasteiger partial charge in [0, 0.05) is 27.6 Å².